The molecular weight excluding hydrogens is 232 g/mol. The fourth-order valence-electron chi connectivity index (χ4n) is 1.02. The van der Waals surface area contributed by atoms with Crippen LogP contribution in [0.2, 0.25) is 0 Å². The van der Waals surface area contributed by atoms with Crippen LogP contribution in [0.4, 0.5) is 0 Å². The molecule has 1 aromatic rings. The van der Waals surface area contributed by atoms with Crippen LogP contribution >= 0.6 is 15.9 Å². The zero-order chi connectivity index (χ0) is 9.68. The van der Waals surface area contributed by atoms with E-state index in [4.69, 9.17) is 0 Å². The Hall–Kier alpha value is -0.900. The first kappa shape index (κ1) is 10.2. The quantitative estimate of drug-likeness (QED) is 0.820. The van der Waals surface area contributed by atoms with Gasteiger partial charge in [-0.2, -0.15) is 0 Å². The lowest BCUT2D eigenvalue weighted by molar-refractivity contribution is -0.119. The molecule has 0 aliphatic rings. The van der Waals surface area contributed by atoms with E-state index in [1.807, 2.05) is 19.1 Å². The Morgan fingerprint density at radius 1 is 1.62 bits per heavy atom. The fourth-order valence-corrected chi connectivity index (χ4v) is 1.18. The number of hydrogen-bond donors (Lipinski definition) is 1. The molecule has 1 atom stereocenters. The van der Waals surface area contributed by atoms with Crippen LogP contribution in [0, 0.1) is 0 Å². The van der Waals surface area contributed by atoms with Crippen molar-refractivity contribution in [2.24, 2.45) is 0 Å². The third kappa shape index (κ3) is 3.14. The van der Waals surface area contributed by atoms with Gasteiger partial charge in [-0.1, -0.05) is 15.9 Å². The van der Waals surface area contributed by atoms with Crippen LogP contribution in [-0.4, -0.2) is 16.2 Å². The average molecular weight is 243 g/mol. The first-order valence-corrected chi connectivity index (χ1v) is 5.11. The maximum atomic E-state index is 11.0. The monoisotopic (exact) mass is 242 g/mol. The molecule has 1 heterocycles. The average Bonchev–Trinajstić information content (AvgIpc) is 2.19. The molecule has 0 saturated carbocycles. The molecule has 0 radical (unpaired) electrons. The van der Waals surface area contributed by atoms with Crippen LogP contribution in [0.15, 0.2) is 24.5 Å². The lowest BCUT2D eigenvalue weighted by Gasteiger charge is -2.12. The van der Waals surface area contributed by atoms with Gasteiger partial charge < -0.3 is 5.32 Å². The summed E-state index contributed by atoms with van der Waals surface area (Å²) in [4.78, 5) is 14.9. The molecule has 0 aromatic carbocycles. The van der Waals surface area contributed by atoms with Gasteiger partial charge in [0.2, 0.25) is 5.91 Å². The summed E-state index contributed by atoms with van der Waals surface area (Å²) in [5.41, 5.74) is 1.06. The molecule has 3 nitrogen and oxygen atoms in total. The van der Waals surface area contributed by atoms with Crippen molar-refractivity contribution in [3.05, 3.63) is 30.1 Å². The predicted molar refractivity (Wildman–Crippen MR) is 54.6 cm³/mol. The Morgan fingerprint density at radius 2 is 2.23 bits per heavy atom. The van der Waals surface area contributed by atoms with E-state index < -0.39 is 0 Å². The number of hydrogen-bond acceptors (Lipinski definition) is 2. The van der Waals surface area contributed by atoms with E-state index in [-0.39, 0.29) is 11.9 Å². The minimum absolute atomic E-state index is 0.00990. The largest absolute Gasteiger partial charge is 0.349 e. The smallest absolute Gasteiger partial charge is 0.231 e. The van der Waals surface area contributed by atoms with Crippen molar-refractivity contribution in [2.75, 3.05) is 5.33 Å². The molecule has 0 aliphatic carbocycles. The van der Waals surface area contributed by atoms with Gasteiger partial charge in [-0.25, -0.2) is 0 Å². The van der Waals surface area contributed by atoms with Crippen LogP contribution in [0.25, 0.3) is 0 Å². The third-order valence-corrected chi connectivity index (χ3v) is 2.21. The van der Waals surface area contributed by atoms with Gasteiger partial charge in [0.05, 0.1) is 11.4 Å². The normalized spacial score (nSPS) is 12.2. The zero-order valence-corrected chi connectivity index (χ0v) is 8.91. The number of halogens is 1. The summed E-state index contributed by atoms with van der Waals surface area (Å²) >= 11 is 3.09. The molecule has 13 heavy (non-hydrogen) atoms. The second-order valence-corrected chi connectivity index (χ2v) is 3.26. The van der Waals surface area contributed by atoms with Gasteiger partial charge in [0.25, 0.3) is 0 Å². The summed E-state index contributed by atoms with van der Waals surface area (Å²) in [6.07, 6.45) is 3.43. The maximum absolute atomic E-state index is 11.0. The van der Waals surface area contributed by atoms with Gasteiger partial charge in [0, 0.05) is 12.4 Å². The topological polar surface area (TPSA) is 42.0 Å². The SMILES string of the molecule is C[C@@H](NC(=O)CBr)c1ccncc1. The van der Waals surface area contributed by atoms with Crippen LogP contribution in [0.3, 0.4) is 0 Å². The Kier molecular flexibility index (Phi) is 3.89. The third-order valence-electron chi connectivity index (χ3n) is 1.70. The number of carbonyl (C=O) groups is 1. The van der Waals surface area contributed by atoms with E-state index in [9.17, 15) is 4.79 Å². The number of amides is 1. The molecule has 1 aromatic heterocycles. The lowest BCUT2D eigenvalue weighted by atomic mass is 10.1. The molecule has 0 spiro atoms. The van der Waals surface area contributed by atoms with Gasteiger partial charge >= 0.3 is 0 Å². The first-order chi connectivity index (χ1) is 6.24. The molecule has 0 fully saturated rings. The summed E-state index contributed by atoms with van der Waals surface area (Å²) in [6, 6.07) is 3.81. The van der Waals surface area contributed by atoms with Gasteiger partial charge in [-0.3, -0.25) is 9.78 Å². The highest BCUT2D eigenvalue weighted by atomic mass is 79.9. The molecule has 0 aliphatic heterocycles. The van der Waals surface area contributed by atoms with E-state index in [0.29, 0.717) is 5.33 Å². The minimum Gasteiger partial charge on any atom is -0.349 e. The molecule has 1 N–H and O–H groups in total. The van der Waals surface area contributed by atoms with Gasteiger partial charge in [0.15, 0.2) is 0 Å². The summed E-state index contributed by atoms with van der Waals surface area (Å²) in [6.45, 7) is 1.94. The van der Waals surface area contributed by atoms with Crippen molar-refractivity contribution in [1.29, 1.82) is 0 Å². The van der Waals surface area contributed by atoms with Crippen LogP contribution in [-0.2, 0) is 4.79 Å². The second-order valence-electron chi connectivity index (χ2n) is 2.70. The molecule has 0 unspecified atom stereocenters. The molecule has 70 valence electrons. The molecule has 4 heteroatoms. The summed E-state index contributed by atoms with van der Waals surface area (Å²) < 4.78 is 0. The number of nitrogens with zero attached hydrogens (tertiary/aromatic N) is 1. The standard InChI is InChI=1S/C9H11BrN2O/c1-7(12-9(13)6-10)8-2-4-11-5-3-8/h2-5,7H,6H2,1H3,(H,12,13)/t7-/m1/s1. The van der Waals surface area contributed by atoms with Crippen LogP contribution in [0.1, 0.15) is 18.5 Å². The van der Waals surface area contributed by atoms with Gasteiger partial charge in [-0.05, 0) is 24.6 Å². The van der Waals surface area contributed by atoms with E-state index in [2.05, 4.69) is 26.2 Å². The van der Waals surface area contributed by atoms with Gasteiger partial charge in [0.1, 0.15) is 0 Å². The van der Waals surface area contributed by atoms with Crippen molar-refractivity contribution in [2.45, 2.75) is 13.0 Å². The number of rotatable bonds is 3. The highest BCUT2D eigenvalue weighted by molar-refractivity contribution is 9.09. The number of aromatic nitrogens is 1. The number of alkyl halides is 1. The highest BCUT2D eigenvalue weighted by Gasteiger charge is 2.06. The Labute approximate surface area is 85.7 Å². The molecule has 1 rings (SSSR count). The van der Waals surface area contributed by atoms with Crippen molar-refractivity contribution < 1.29 is 4.79 Å². The molecule has 0 saturated heterocycles. The van der Waals surface area contributed by atoms with Crippen molar-refractivity contribution in [1.82, 2.24) is 10.3 Å². The Balaban J connectivity index is 2.59. The summed E-state index contributed by atoms with van der Waals surface area (Å²) in [5, 5.41) is 3.17. The fraction of sp³-hybridized carbons (Fsp3) is 0.333. The highest BCUT2D eigenvalue weighted by Crippen LogP contribution is 2.09. The minimum atomic E-state index is -0.00990. The lowest BCUT2D eigenvalue weighted by Crippen LogP contribution is -2.27. The Morgan fingerprint density at radius 3 is 2.77 bits per heavy atom. The van der Waals surface area contributed by atoms with E-state index in [1.165, 1.54) is 0 Å². The molecular formula is C9H11BrN2O. The molecule has 1 amide bonds. The van der Waals surface area contributed by atoms with Crippen molar-refractivity contribution >= 4 is 21.8 Å². The second kappa shape index (κ2) is 4.97. The van der Waals surface area contributed by atoms with E-state index in [1.54, 1.807) is 12.4 Å². The molecule has 0 bridgehead atoms. The van der Waals surface area contributed by atoms with Gasteiger partial charge in [-0.15, -0.1) is 0 Å². The number of carbonyl (C=O) groups excluding carboxylic acids is 1. The van der Waals surface area contributed by atoms with E-state index in [0.717, 1.165) is 5.56 Å². The maximum Gasteiger partial charge on any atom is 0.231 e. The number of nitrogens with one attached hydrogen (secondary N) is 1. The first-order valence-electron chi connectivity index (χ1n) is 3.99. The Bertz CT molecular complexity index is 276. The summed E-state index contributed by atoms with van der Waals surface area (Å²) in [7, 11) is 0. The van der Waals surface area contributed by atoms with Crippen molar-refractivity contribution in [3.63, 3.8) is 0 Å². The predicted octanol–water partition coefficient (Wildman–Crippen LogP) is 1.65. The van der Waals surface area contributed by atoms with Crippen molar-refractivity contribution in [3.8, 4) is 0 Å². The summed E-state index contributed by atoms with van der Waals surface area (Å²) in [5.74, 6) is -0.00990. The number of pyridine rings is 1. The van der Waals surface area contributed by atoms with E-state index >= 15 is 0 Å². The zero-order valence-electron chi connectivity index (χ0n) is 7.33. The van der Waals surface area contributed by atoms with Crippen LogP contribution in [0.5, 0.6) is 0 Å². The van der Waals surface area contributed by atoms with Crippen LogP contribution < -0.4 is 5.32 Å².